The van der Waals surface area contributed by atoms with Crippen LogP contribution in [0.1, 0.15) is 145 Å². The molecule has 4 fully saturated rings. The lowest BCUT2D eigenvalue weighted by Gasteiger charge is -2.39. The predicted molar refractivity (Wildman–Crippen MR) is 252 cm³/mol. The molecule has 65 heavy (non-hydrogen) atoms. The fourth-order valence-corrected chi connectivity index (χ4v) is 11.2. The molecule has 3 saturated heterocycles. The number of ketones is 3. The Labute approximate surface area is 392 Å². The smallest absolute Gasteiger partial charge is 0.329 e. The first-order valence-corrected chi connectivity index (χ1v) is 25.6. The number of esters is 1. The highest BCUT2D eigenvalue weighted by atomic mass is 32.2. The summed E-state index contributed by atoms with van der Waals surface area (Å²) in [4.78, 5) is 69.2. The SMILES string of the molecule is COC1CCCC(C[C@@H](C)[C@H](CC(=O)C/C=C(\C)[C@@H](O)CC(=O)C(C)C[C@H](C)/C=C/C=C/C=C(\C)C(C)N2CCC[S+]2[O-])OC(=O)[C@@H]2CCCCN2C(=O)C(=O)C2(O)OCCCC2C)C1. The van der Waals surface area contributed by atoms with E-state index in [4.69, 9.17) is 14.2 Å². The monoisotopic (exact) mass is 929 g/mol. The van der Waals surface area contributed by atoms with Crippen molar-refractivity contribution in [3.05, 3.63) is 47.6 Å². The van der Waals surface area contributed by atoms with Gasteiger partial charge in [0.05, 0.1) is 24.9 Å². The van der Waals surface area contributed by atoms with Gasteiger partial charge in [0.2, 0.25) is 5.79 Å². The van der Waals surface area contributed by atoms with Crippen molar-refractivity contribution in [2.24, 2.45) is 29.6 Å². The molecule has 4 aliphatic rings. The van der Waals surface area contributed by atoms with Crippen LogP contribution in [-0.2, 0) is 49.5 Å². The summed E-state index contributed by atoms with van der Waals surface area (Å²) in [6.07, 6.45) is 18.6. The zero-order valence-corrected chi connectivity index (χ0v) is 41.4. The number of Topliss-reactive ketones (excluding diaryl/α,β-unsaturated/α-hetero) is 3. The number of aliphatic hydroxyl groups excluding tert-OH is 1. The number of ether oxygens (including phenoxy) is 3. The van der Waals surface area contributed by atoms with E-state index < -0.39 is 59.0 Å². The van der Waals surface area contributed by atoms with Crippen LogP contribution < -0.4 is 0 Å². The lowest BCUT2D eigenvalue weighted by Crippen LogP contribution is -2.59. The highest BCUT2D eigenvalue weighted by Crippen LogP contribution is 2.35. The Morgan fingerprint density at radius 2 is 1.68 bits per heavy atom. The van der Waals surface area contributed by atoms with Crippen LogP contribution in [0.5, 0.6) is 0 Å². The van der Waals surface area contributed by atoms with Crippen LogP contribution in [-0.4, -0.2) is 122 Å². The van der Waals surface area contributed by atoms with E-state index in [2.05, 4.69) is 19.9 Å². The molecule has 4 rings (SSSR count). The van der Waals surface area contributed by atoms with Gasteiger partial charge < -0.3 is 33.9 Å². The molecular formula is C51H80N2O11S. The Morgan fingerprint density at radius 1 is 0.923 bits per heavy atom. The van der Waals surface area contributed by atoms with Crippen molar-refractivity contribution in [2.75, 3.05) is 32.6 Å². The van der Waals surface area contributed by atoms with Crippen LogP contribution in [0.4, 0.5) is 0 Å². The van der Waals surface area contributed by atoms with Gasteiger partial charge in [-0.3, -0.25) is 19.2 Å². The molecule has 1 amide bonds. The topological polar surface area (TPSA) is 183 Å². The molecule has 0 aromatic rings. The Kier molecular flexibility index (Phi) is 22.3. The minimum Gasteiger partial charge on any atom is -0.598 e. The van der Waals surface area contributed by atoms with Crippen molar-refractivity contribution in [3.8, 4) is 0 Å². The summed E-state index contributed by atoms with van der Waals surface area (Å²) in [6, 6.07) is -0.928. The van der Waals surface area contributed by atoms with Crippen molar-refractivity contribution in [3.63, 3.8) is 0 Å². The third kappa shape index (κ3) is 16.1. The van der Waals surface area contributed by atoms with E-state index in [1.54, 1.807) is 27.0 Å². The van der Waals surface area contributed by atoms with Crippen LogP contribution in [0.25, 0.3) is 0 Å². The minimum atomic E-state index is -2.25. The van der Waals surface area contributed by atoms with Crippen LogP contribution in [0, 0.1) is 29.6 Å². The molecule has 0 bridgehead atoms. The molecule has 13 nitrogen and oxygen atoms in total. The third-order valence-electron chi connectivity index (χ3n) is 14.3. The van der Waals surface area contributed by atoms with Gasteiger partial charge in [-0.05, 0) is 102 Å². The maximum absolute atomic E-state index is 14.0. The molecule has 0 aromatic heterocycles. The van der Waals surface area contributed by atoms with Gasteiger partial charge in [-0.15, -0.1) is 4.31 Å². The molecule has 366 valence electrons. The molecule has 3 heterocycles. The summed E-state index contributed by atoms with van der Waals surface area (Å²) in [5.74, 6) is -5.14. The molecule has 2 N–H and O–H groups in total. The summed E-state index contributed by atoms with van der Waals surface area (Å²) < 4.78 is 31.5. The summed E-state index contributed by atoms with van der Waals surface area (Å²) >= 11 is -0.904. The molecule has 3 aliphatic heterocycles. The van der Waals surface area contributed by atoms with Crippen LogP contribution >= 0.6 is 0 Å². The number of aliphatic hydroxyl groups is 2. The molecule has 14 heteroatoms. The highest BCUT2D eigenvalue weighted by Gasteiger charge is 2.51. The van der Waals surface area contributed by atoms with E-state index >= 15 is 0 Å². The van der Waals surface area contributed by atoms with Gasteiger partial charge in [-0.2, -0.15) is 0 Å². The first kappa shape index (κ1) is 54.6. The predicted octanol–water partition coefficient (Wildman–Crippen LogP) is 7.31. The number of piperidine rings is 1. The number of hydrogen-bond donors (Lipinski definition) is 2. The van der Waals surface area contributed by atoms with Gasteiger partial charge >= 0.3 is 5.97 Å². The second kappa shape index (κ2) is 26.5. The van der Waals surface area contributed by atoms with E-state index in [0.29, 0.717) is 50.0 Å². The average molecular weight is 929 g/mol. The van der Waals surface area contributed by atoms with Gasteiger partial charge in [0, 0.05) is 69.1 Å². The highest BCUT2D eigenvalue weighted by molar-refractivity contribution is 7.89. The van der Waals surface area contributed by atoms with Gasteiger partial charge in [0.1, 0.15) is 29.5 Å². The molecule has 0 aromatic carbocycles. The molecule has 1 aliphatic carbocycles. The summed E-state index contributed by atoms with van der Waals surface area (Å²) in [7, 11) is 1.72. The average Bonchev–Trinajstić information content (AvgIpc) is 3.73. The maximum atomic E-state index is 14.0. The Morgan fingerprint density at radius 3 is 2.37 bits per heavy atom. The van der Waals surface area contributed by atoms with Crippen LogP contribution in [0.15, 0.2) is 47.6 Å². The zero-order chi connectivity index (χ0) is 47.8. The van der Waals surface area contributed by atoms with E-state index in [9.17, 15) is 38.7 Å². The number of nitrogens with zero attached hydrogens (tertiary/aromatic N) is 2. The molecule has 0 radical (unpaired) electrons. The van der Waals surface area contributed by atoms with Gasteiger partial charge in [-0.1, -0.05) is 82.6 Å². The summed E-state index contributed by atoms with van der Waals surface area (Å²) in [6.45, 7) is 14.5. The van der Waals surface area contributed by atoms with Gasteiger partial charge in [0.15, 0.2) is 0 Å². The largest absolute Gasteiger partial charge is 0.598 e. The standard InChI is InChI=1S/C51H80N2O11S/c1-34(17-10-9-11-18-35(2)40(7)53-26-16-28-65(53)61)29-37(4)46(56)33-45(55)36(3)23-24-42(54)32-47(38(5)30-41-20-14-21-43(31-41)62-8)64-50(59)44-22-12-13-25-52(44)49(58)48(57)51(60)39(6)19-15-27-63-51/h9-11,17-18,23,34,37-41,43-45,47,55,60H,12-16,19-22,24-33H2,1-8H3/b11-9+,17-10+,35-18+,36-23+/t34-,37?,38-,39?,40?,41?,43?,44+,45+,47+,51?,65?/m1/s1. The van der Waals surface area contributed by atoms with Gasteiger partial charge in [0.25, 0.3) is 11.7 Å². The minimum absolute atomic E-state index is 0.0252. The van der Waals surface area contributed by atoms with Crippen molar-refractivity contribution in [1.29, 1.82) is 0 Å². The molecule has 0 spiro atoms. The van der Waals surface area contributed by atoms with E-state index in [0.717, 1.165) is 50.0 Å². The number of methoxy groups -OCH3 is 1. The number of rotatable bonds is 23. The van der Waals surface area contributed by atoms with Crippen molar-refractivity contribution < 1.29 is 52.9 Å². The first-order chi connectivity index (χ1) is 30.9. The lowest BCUT2D eigenvalue weighted by molar-refractivity contribution is -0.241. The number of allylic oxidation sites excluding steroid dienone is 6. The number of carbonyl (C=O) groups excluding carboxylic acids is 5. The normalized spacial score (nSPS) is 29.0. The van der Waals surface area contributed by atoms with Crippen molar-refractivity contribution >= 4 is 40.6 Å². The molecule has 12 atom stereocenters. The Bertz CT molecular complexity index is 1730. The molecule has 1 saturated carbocycles. The van der Waals surface area contributed by atoms with Crippen LogP contribution in [0.2, 0.25) is 0 Å². The quantitative estimate of drug-likeness (QED) is 0.0343. The third-order valence-corrected chi connectivity index (χ3v) is 16.0. The van der Waals surface area contributed by atoms with Crippen LogP contribution in [0.3, 0.4) is 0 Å². The molecule has 7 unspecified atom stereocenters. The van der Waals surface area contributed by atoms with Gasteiger partial charge in [-0.25, -0.2) is 4.79 Å². The first-order valence-electron chi connectivity index (χ1n) is 24.4. The Hall–Kier alpha value is -2.98. The van der Waals surface area contributed by atoms with Crippen molar-refractivity contribution in [1.82, 2.24) is 9.21 Å². The zero-order valence-electron chi connectivity index (χ0n) is 40.5. The molecular weight excluding hydrogens is 849 g/mol. The summed E-state index contributed by atoms with van der Waals surface area (Å²) in [5, 5.41) is 22.1. The Balaban J connectivity index is 1.33. The number of carbonyl (C=O) groups is 5. The fraction of sp³-hybridized carbons (Fsp3) is 0.745. The maximum Gasteiger partial charge on any atom is 0.329 e. The number of likely N-dealkylation sites (tertiary alicyclic amines) is 1. The lowest BCUT2D eigenvalue weighted by atomic mass is 9.79. The second-order valence-electron chi connectivity index (χ2n) is 19.6. The number of amides is 1. The fourth-order valence-electron chi connectivity index (χ4n) is 9.75. The number of hydrogen-bond acceptors (Lipinski definition) is 12. The van der Waals surface area contributed by atoms with E-state index in [1.807, 2.05) is 49.4 Å². The van der Waals surface area contributed by atoms with E-state index in [1.165, 1.54) is 4.90 Å². The van der Waals surface area contributed by atoms with E-state index in [-0.39, 0.29) is 80.3 Å². The summed E-state index contributed by atoms with van der Waals surface area (Å²) in [5.41, 5.74) is 1.66. The second-order valence-corrected chi connectivity index (χ2v) is 21.1. The van der Waals surface area contributed by atoms with Crippen molar-refractivity contribution in [2.45, 2.75) is 181 Å².